The summed E-state index contributed by atoms with van der Waals surface area (Å²) in [5, 5.41) is 5.53. The fourth-order valence-corrected chi connectivity index (χ4v) is 3.10. The van der Waals surface area contributed by atoms with E-state index in [0.29, 0.717) is 11.6 Å². The van der Waals surface area contributed by atoms with Gasteiger partial charge < -0.3 is 9.73 Å². The van der Waals surface area contributed by atoms with Crippen molar-refractivity contribution in [3.63, 3.8) is 0 Å². The molecule has 25 heavy (non-hydrogen) atoms. The molecule has 1 amide bonds. The highest BCUT2D eigenvalue weighted by atomic mass is 32.1. The maximum Gasteiger partial charge on any atom is 0.294 e. The van der Waals surface area contributed by atoms with Crippen molar-refractivity contribution in [1.29, 1.82) is 0 Å². The molecule has 0 saturated carbocycles. The van der Waals surface area contributed by atoms with Gasteiger partial charge in [0, 0.05) is 11.1 Å². The van der Waals surface area contributed by atoms with Gasteiger partial charge >= 0.3 is 0 Å². The maximum absolute atomic E-state index is 12.7. The van der Waals surface area contributed by atoms with Gasteiger partial charge in [-0.2, -0.15) is 0 Å². The second-order valence-corrected chi connectivity index (χ2v) is 6.31. The van der Waals surface area contributed by atoms with E-state index in [4.69, 9.17) is 4.42 Å². The third kappa shape index (κ3) is 3.22. The average Bonchev–Trinajstić information content (AvgIpc) is 3.33. The van der Waals surface area contributed by atoms with Crippen LogP contribution in [-0.4, -0.2) is 10.9 Å². The number of thiophene rings is 1. The summed E-state index contributed by atoms with van der Waals surface area (Å²) in [6.45, 7) is 0. The molecular weight excluding hydrogens is 332 g/mol. The minimum absolute atomic E-state index is 0.207. The summed E-state index contributed by atoms with van der Waals surface area (Å²) in [7, 11) is 0. The fraction of sp³-hybridized carbons (Fsp3) is 0. The Morgan fingerprint density at radius 1 is 0.880 bits per heavy atom. The Morgan fingerprint density at radius 2 is 1.56 bits per heavy atom. The quantitative estimate of drug-likeness (QED) is 0.544. The summed E-state index contributed by atoms with van der Waals surface area (Å²) in [5.74, 6) is 0.324. The van der Waals surface area contributed by atoms with Crippen LogP contribution in [0.25, 0.3) is 22.7 Å². The topological polar surface area (TPSA) is 55.1 Å². The first kappa shape index (κ1) is 15.4. The highest BCUT2D eigenvalue weighted by Crippen LogP contribution is 2.30. The van der Waals surface area contributed by atoms with E-state index in [1.165, 1.54) is 11.3 Å². The average molecular weight is 346 g/mol. The van der Waals surface area contributed by atoms with Crippen molar-refractivity contribution in [2.24, 2.45) is 0 Å². The number of carbonyl (C=O) groups excluding carboxylic acids is 1. The number of amides is 1. The molecule has 4 nitrogen and oxygen atoms in total. The number of rotatable bonds is 4. The zero-order valence-electron chi connectivity index (χ0n) is 13.2. The number of anilines is 1. The number of carbonyl (C=O) groups is 1. The molecule has 0 fully saturated rings. The van der Waals surface area contributed by atoms with Crippen LogP contribution in [0.3, 0.4) is 0 Å². The first-order valence-electron chi connectivity index (χ1n) is 7.78. The molecule has 1 N–H and O–H groups in total. The Balaban J connectivity index is 1.78. The standard InChI is InChI=1S/C20H14N2O2S/c23-19(21-16-12-7-13-25-16)18-17(14-8-3-1-4-9-14)22-20(24-18)15-10-5-2-6-11-15/h1-13H,(H,21,23). The zero-order valence-corrected chi connectivity index (χ0v) is 14.0. The molecule has 122 valence electrons. The number of oxazole rings is 1. The first-order chi connectivity index (χ1) is 12.3. The van der Waals surface area contributed by atoms with Gasteiger partial charge in [-0.15, -0.1) is 11.3 Å². The van der Waals surface area contributed by atoms with Crippen LogP contribution in [0.2, 0.25) is 0 Å². The molecule has 0 spiro atoms. The molecule has 0 bridgehead atoms. The van der Waals surface area contributed by atoms with Gasteiger partial charge in [0.1, 0.15) is 5.69 Å². The van der Waals surface area contributed by atoms with Crippen LogP contribution in [0.5, 0.6) is 0 Å². The highest BCUT2D eigenvalue weighted by molar-refractivity contribution is 7.14. The molecule has 5 heteroatoms. The molecule has 4 aromatic rings. The Labute approximate surface area is 148 Å². The van der Waals surface area contributed by atoms with E-state index < -0.39 is 0 Å². The molecule has 2 aromatic heterocycles. The van der Waals surface area contributed by atoms with Crippen LogP contribution in [0.15, 0.2) is 82.6 Å². The summed E-state index contributed by atoms with van der Waals surface area (Å²) in [5.41, 5.74) is 2.20. The number of nitrogens with zero attached hydrogens (tertiary/aromatic N) is 1. The third-order valence-corrected chi connectivity index (χ3v) is 4.44. The molecule has 4 rings (SSSR count). The van der Waals surface area contributed by atoms with Crippen molar-refractivity contribution in [2.45, 2.75) is 0 Å². The van der Waals surface area contributed by atoms with Gasteiger partial charge in [-0.3, -0.25) is 4.79 Å². The van der Waals surface area contributed by atoms with E-state index in [-0.39, 0.29) is 11.7 Å². The lowest BCUT2D eigenvalue weighted by atomic mass is 10.1. The van der Waals surface area contributed by atoms with Crippen molar-refractivity contribution in [3.8, 4) is 22.7 Å². The lowest BCUT2D eigenvalue weighted by Gasteiger charge is -2.02. The second-order valence-electron chi connectivity index (χ2n) is 5.36. The number of aromatic nitrogens is 1. The Hall–Kier alpha value is -3.18. The highest BCUT2D eigenvalue weighted by Gasteiger charge is 2.22. The van der Waals surface area contributed by atoms with Crippen molar-refractivity contribution in [2.75, 3.05) is 5.32 Å². The molecule has 2 aromatic carbocycles. The van der Waals surface area contributed by atoms with Crippen molar-refractivity contribution in [1.82, 2.24) is 4.98 Å². The lowest BCUT2D eigenvalue weighted by Crippen LogP contribution is -2.11. The molecule has 0 unspecified atom stereocenters. The summed E-state index contributed by atoms with van der Waals surface area (Å²) >= 11 is 1.46. The predicted octanol–water partition coefficient (Wildman–Crippen LogP) is 5.32. The van der Waals surface area contributed by atoms with Crippen LogP contribution in [0.4, 0.5) is 5.00 Å². The number of nitrogens with one attached hydrogen (secondary N) is 1. The molecular formula is C20H14N2O2S. The molecule has 0 atom stereocenters. The van der Waals surface area contributed by atoms with E-state index in [1.807, 2.05) is 78.2 Å². The molecule has 0 aliphatic rings. The Bertz CT molecular complexity index is 977. The van der Waals surface area contributed by atoms with E-state index in [1.54, 1.807) is 0 Å². The SMILES string of the molecule is O=C(Nc1cccs1)c1oc(-c2ccccc2)nc1-c1ccccc1. The smallest absolute Gasteiger partial charge is 0.294 e. The van der Waals surface area contributed by atoms with Gasteiger partial charge in [-0.05, 0) is 29.6 Å². The third-order valence-electron chi connectivity index (χ3n) is 3.66. The normalized spacial score (nSPS) is 10.6. The molecule has 0 aliphatic carbocycles. The van der Waals surface area contributed by atoms with Gasteiger partial charge in [0.05, 0.1) is 5.00 Å². The molecule has 0 radical (unpaired) electrons. The van der Waals surface area contributed by atoms with Crippen LogP contribution in [0, 0.1) is 0 Å². The molecule has 0 aliphatic heterocycles. The Morgan fingerprint density at radius 3 is 2.20 bits per heavy atom. The maximum atomic E-state index is 12.7. The summed E-state index contributed by atoms with van der Waals surface area (Å²) in [6, 6.07) is 22.8. The number of benzene rings is 2. The van der Waals surface area contributed by atoms with Gasteiger partial charge in [-0.25, -0.2) is 4.98 Å². The second kappa shape index (κ2) is 6.75. The number of hydrogen-bond acceptors (Lipinski definition) is 4. The van der Waals surface area contributed by atoms with Gasteiger partial charge in [0.2, 0.25) is 11.7 Å². The van der Waals surface area contributed by atoms with Gasteiger partial charge in [0.15, 0.2) is 0 Å². The van der Waals surface area contributed by atoms with Gasteiger partial charge in [-0.1, -0.05) is 48.5 Å². The fourth-order valence-electron chi connectivity index (χ4n) is 2.49. The van der Waals surface area contributed by atoms with Crippen LogP contribution >= 0.6 is 11.3 Å². The summed E-state index contributed by atoms with van der Waals surface area (Å²) in [4.78, 5) is 17.3. The Kier molecular flexibility index (Phi) is 4.14. The van der Waals surface area contributed by atoms with Crippen molar-refractivity contribution < 1.29 is 9.21 Å². The zero-order chi connectivity index (χ0) is 17.1. The minimum atomic E-state index is -0.309. The largest absolute Gasteiger partial charge is 0.430 e. The summed E-state index contributed by atoms with van der Waals surface area (Å²) < 4.78 is 5.85. The van der Waals surface area contributed by atoms with Crippen molar-refractivity contribution >= 4 is 22.2 Å². The van der Waals surface area contributed by atoms with E-state index in [9.17, 15) is 4.79 Å². The predicted molar refractivity (Wildman–Crippen MR) is 99.6 cm³/mol. The monoisotopic (exact) mass is 346 g/mol. The summed E-state index contributed by atoms with van der Waals surface area (Å²) in [6.07, 6.45) is 0. The van der Waals surface area contributed by atoms with Gasteiger partial charge in [0.25, 0.3) is 5.91 Å². The van der Waals surface area contributed by atoms with Crippen LogP contribution in [0.1, 0.15) is 10.6 Å². The molecule has 2 heterocycles. The van der Waals surface area contributed by atoms with E-state index in [0.717, 1.165) is 16.1 Å². The first-order valence-corrected chi connectivity index (χ1v) is 8.66. The van der Waals surface area contributed by atoms with E-state index in [2.05, 4.69) is 10.3 Å². The van der Waals surface area contributed by atoms with E-state index >= 15 is 0 Å². The van der Waals surface area contributed by atoms with Crippen molar-refractivity contribution in [3.05, 3.63) is 83.9 Å². The minimum Gasteiger partial charge on any atom is -0.430 e. The molecule has 0 saturated heterocycles. The van der Waals surface area contributed by atoms with Crippen LogP contribution < -0.4 is 5.32 Å². The number of hydrogen-bond donors (Lipinski definition) is 1. The van der Waals surface area contributed by atoms with Crippen LogP contribution in [-0.2, 0) is 0 Å². The lowest BCUT2D eigenvalue weighted by molar-refractivity contribution is 0.0998.